The highest BCUT2D eigenvalue weighted by atomic mass is 79.9. The number of nitrogens with one attached hydrogen (secondary N) is 3. The number of hydrogen-bond donors (Lipinski definition) is 3. The number of benzene rings is 1. The predicted octanol–water partition coefficient (Wildman–Crippen LogP) is 2.87. The molecule has 1 fully saturated rings. The maximum Gasteiger partial charge on any atom is 0.241 e. The second-order valence-corrected chi connectivity index (χ2v) is 9.85. The van der Waals surface area contributed by atoms with Crippen molar-refractivity contribution in [2.75, 3.05) is 6.54 Å². The second kappa shape index (κ2) is 10.9. The monoisotopic (exact) mass is 473 g/mol. The molecular formula is C19H28BrN3O4S. The minimum absolute atomic E-state index is 0.147. The number of halogens is 1. The van der Waals surface area contributed by atoms with E-state index in [0.717, 1.165) is 30.2 Å². The summed E-state index contributed by atoms with van der Waals surface area (Å²) >= 11 is 3.29. The first-order chi connectivity index (χ1) is 13.3. The summed E-state index contributed by atoms with van der Waals surface area (Å²) in [4.78, 5) is 24.0. The van der Waals surface area contributed by atoms with Crippen molar-refractivity contribution in [2.24, 2.45) is 11.8 Å². The number of rotatable bonds is 8. The average Bonchev–Trinajstić information content (AvgIpc) is 2.69. The summed E-state index contributed by atoms with van der Waals surface area (Å²) in [5.41, 5.74) is 4.96. The molecule has 9 heteroatoms. The molecule has 0 saturated heterocycles. The van der Waals surface area contributed by atoms with E-state index in [-0.39, 0.29) is 28.5 Å². The highest BCUT2D eigenvalue weighted by Gasteiger charge is 2.27. The molecule has 28 heavy (non-hydrogen) atoms. The molecule has 0 aromatic heterocycles. The summed E-state index contributed by atoms with van der Waals surface area (Å²) in [7, 11) is -3.53. The number of sulfonamides is 1. The quantitative estimate of drug-likeness (QED) is 0.504. The molecule has 0 atom stereocenters. The molecule has 1 saturated carbocycles. The Balaban J connectivity index is 1.72. The second-order valence-electron chi connectivity index (χ2n) is 7.16. The largest absolute Gasteiger partial charge is 0.273 e. The van der Waals surface area contributed by atoms with Gasteiger partial charge < -0.3 is 0 Å². The molecule has 1 aromatic rings. The Morgan fingerprint density at radius 2 is 1.71 bits per heavy atom. The number of carbonyl (C=O) groups is 2. The van der Waals surface area contributed by atoms with Crippen molar-refractivity contribution >= 4 is 37.8 Å². The number of hydrazine groups is 1. The third-order valence-corrected chi connectivity index (χ3v) is 6.95. The molecule has 0 spiro atoms. The van der Waals surface area contributed by atoms with Crippen LogP contribution in [-0.4, -0.2) is 26.8 Å². The summed E-state index contributed by atoms with van der Waals surface area (Å²) in [5.74, 6) is -0.288. The molecule has 0 heterocycles. The van der Waals surface area contributed by atoms with Crippen LogP contribution < -0.4 is 15.6 Å². The van der Waals surface area contributed by atoms with Gasteiger partial charge in [-0.2, -0.15) is 0 Å². The van der Waals surface area contributed by atoms with E-state index in [2.05, 4.69) is 31.5 Å². The van der Waals surface area contributed by atoms with E-state index in [1.54, 1.807) is 24.3 Å². The van der Waals surface area contributed by atoms with Crippen molar-refractivity contribution < 1.29 is 18.0 Å². The summed E-state index contributed by atoms with van der Waals surface area (Å²) in [6.07, 6.45) is 5.03. The zero-order valence-electron chi connectivity index (χ0n) is 16.0. The van der Waals surface area contributed by atoms with Crippen LogP contribution in [0.15, 0.2) is 33.6 Å². The van der Waals surface area contributed by atoms with Crippen molar-refractivity contribution in [2.45, 2.75) is 56.8 Å². The van der Waals surface area contributed by atoms with Crippen LogP contribution in [0.5, 0.6) is 0 Å². The maximum atomic E-state index is 12.4. The van der Waals surface area contributed by atoms with Gasteiger partial charge in [0, 0.05) is 23.4 Å². The molecule has 1 aliphatic rings. The van der Waals surface area contributed by atoms with Gasteiger partial charge in [-0.15, -0.1) is 0 Å². The summed E-state index contributed by atoms with van der Waals surface area (Å²) in [6.45, 7) is 2.36. The van der Waals surface area contributed by atoms with Gasteiger partial charge in [0.15, 0.2) is 0 Å². The molecule has 7 nitrogen and oxygen atoms in total. The van der Waals surface area contributed by atoms with Gasteiger partial charge in [0.05, 0.1) is 4.90 Å². The van der Waals surface area contributed by atoms with E-state index in [0.29, 0.717) is 25.8 Å². The van der Waals surface area contributed by atoms with E-state index in [4.69, 9.17) is 0 Å². The standard InChI is InChI=1S/C19H28BrN3O4S/c1-2-3-4-18(24)22-23-19(25)15-7-5-14(6-8-15)13-21-28(26,27)17-11-9-16(20)10-12-17/h9-12,14-15,21H,2-8,13H2,1H3,(H,22,24)(H,23,25). The van der Waals surface area contributed by atoms with Crippen molar-refractivity contribution in [1.29, 1.82) is 0 Å². The number of carbonyl (C=O) groups excluding carboxylic acids is 2. The minimum Gasteiger partial charge on any atom is -0.273 e. The lowest BCUT2D eigenvalue weighted by molar-refractivity contribution is -0.132. The lowest BCUT2D eigenvalue weighted by atomic mass is 9.82. The fraction of sp³-hybridized carbons (Fsp3) is 0.579. The van der Waals surface area contributed by atoms with Crippen LogP contribution in [0.25, 0.3) is 0 Å². The fourth-order valence-corrected chi connectivity index (χ4v) is 4.57. The number of hydrogen-bond acceptors (Lipinski definition) is 4. The van der Waals surface area contributed by atoms with Crippen molar-refractivity contribution in [3.8, 4) is 0 Å². The first-order valence-electron chi connectivity index (χ1n) is 9.65. The predicted molar refractivity (Wildman–Crippen MR) is 111 cm³/mol. The Morgan fingerprint density at radius 3 is 2.32 bits per heavy atom. The van der Waals surface area contributed by atoms with Crippen LogP contribution in [0.3, 0.4) is 0 Å². The zero-order valence-corrected chi connectivity index (χ0v) is 18.4. The van der Waals surface area contributed by atoms with Crippen molar-refractivity contribution in [3.63, 3.8) is 0 Å². The summed E-state index contributed by atoms with van der Waals surface area (Å²) in [6, 6.07) is 6.50. The molecule has 0 bridgehead atoms. The van der Waals surface area contributed by atoms with Crippen LogP contribution >= 0.6 is 15.9 Å². The van der Waals surface area contributed by atoms with Crippen LogP contribution in [-0.2, 0) is 19.6 Å². The van der Waals surface area contributed by atoms with E-state index < -0.39 is 10.0 Å². The van der Waals surface area contributed by atoms with Gasteiger partial charge in [-0.1, -0.05) is 29.3 Å². The molecule has 2 rings (SSSR count). The van der Waals surface area contributed by atoms with Crippen molar-refractivity contribution in [3.05, 3.63) is 28.7 Å². The summed E-state index contributed by atoms with van der Waals surface area (Å²) < 4.78 is 28.2. The van der Waals surface area contributed by atoms with Crippen LogP contribution in [0.1, 0.15) is 51.9 Å². The third-order valence-electron chi connectivity index (χ3n) is 4.99. The molecule has 0 aliphatic heterocycles. The van der Waals surface area contributed by atoms with Crippen LogP contribution in [0, 0.1) is 11.8 Å². The van der Waals surface area contributed by atoms with Crippen LogP contribution in [0.4, 0.5) is 0 Å². The molecule has 2 amide bonds. The topological polar surface area (TPSA) is 104 Å². The first-order valence-corrected chi connectivity index (χ1v) is 11.9. The van der Waals surface area contributed by atoms with Gasteiger partial charge in [0.1, 0.15) is 0 Å². The number of amides is 2. The fourth-order valence-electron chi connectivity index (χ4n) is 3.19. The lowest BCUT2D eigenvalue weighted by Crippen LogP contribution is -2.45. The van der Waals surface area contributed by atoms with Gasteiger partial charge >= 0.3 is 0 Å². The van der Waals surface area contributed by atoms with Crippen molar-refractivity contribution in [1.82, 2.24) is 15.6 Å². The molecule has 0 radical (unpaired) electrons. The molecule has 0 unspecified atom stereocenters. The minimum atomic E-state index is -3.53. The summed E-state index contributed by atoms with van der Waals surface area (Å²) in [5, 5.41) is 0. The SMILES string of the molecule is CCCCC(=O)NNC(=O)C1CCC(CNS(=O)(=O)c2ccc(Br)cc2)CC1. The average molecular weight is 474 g/mol. The Bertz CT molecular complexity index is 760. The van der Waals surface area contributed by atoms with Gasteiger partial charge in [-0.25, -0.2) is 13.1 Å². The van der Waals surface area contributed by atoms with Crippen LogP contribution in [0.2, 0.25) is 0 Å². The number of unbranched alkanes of at least 4 members (excludes halogenated alkanes) is 1. The Morgan fingerprint density at radius 1 is 1.07 bits per heavy atom. The molecule has 156 valence electrons. The zero-order chi connectivity index (χ0) is 20.6. The van der Waals surface area contributed by atoms with Gasteiger partial charge in [-0.3, -0.25) is 20.4 Å². The third kappa shape index (κ3) is 7.18. The van der Waals surface area contributed by atoms with E-state index >= 15 is 0 Å². The van der Waals surface area contributed by atoms with Gasteiger partial charge in [0.25, 0.3) is 0 Å². The highest BCUT2D eigenvalue weighted by molar-refractivity contribution is 9.10. The molecule has 3 N–H and O–H groups in total. The Labute approximate surface area is 175 Å². The Hall–Kier alpha value is -1.45. The van der Waals surface area contributed by atoms with Gasteiger partial charge in [0.2, 0.25) is 21.8 Å². The van der Waals surface area contributed by atoms with Gasteiger partial charge in [-0.05, 0) is 62.3 Å². The Kier molecular flexibility index (Phi) is 8.91. The molecule has 1 aliphatic carbocycles. The maximum absolute atomic E-state index is 12.4. The smallest absolute Gasteiger partial charge is 0.241 e. The van der Waals surface area contributed by atoms with E-state index in [9.17, 15) is 18.0 Å². The van der Waals surface area contributed by atoms with E-state index in [1.165, 1.54) is 0 Å². The normalized spacial score (nSPS) is 19.8. The molecule has 1 aromatic carbocycles. The molecular weight excluding hydrogens is 446 g/mol. The highest BCUT2D eigenvalue weighted by Crippen LogP contribution is 2.28. The first kappa shape index (κ1) is 22.8. The lowest BCUT2D eigenvalue weighted by Gasteiger charge is -2.27. The van der Waals surface area contributed by atoms with E-state index in [1.807, 2.05) is 6.92 Å².